The predicted octanol–water partition coefficient (Wildman–Crippen LogP) is 2.97. The molecule has 0 saturated carbocycles. The Hall–Kier alpha value is -3.92. The van der Waals surface area contributed by atoms with Gasteiger partial charge < -0.3 is 10.1 Å². The summed E-state index contributed by atoms with van der Waals surface area (Å²) in [6.07, 6.45) is 7.11. The molecule has 156 valence electrons. The zero-order valence-electron chi connectivity index (χ0n) is 16.5. The number of methoxy groups -OCH3 is 1. The normalized spacial score (nSPS) is 10.6. The lowest BCUT2D eigenvalue weighted by molar-refractivity contribution is -0.113. The fourth-order valence-corrected chi connectivity index (χ4v) is 3.63. The SMILES string of the molecule is COC(=O)c1ccccc1NC(=O)CSc1nnc(-c2cccnc2)n1-n1cccc1. The first-order valence-corrected chi connectivity index (χ1v) is 10.3. The second-order valence-corrected chi connectivity index (χ2v) is 7.24. The molecule has 1 aromatic carbocycles. The van der Waals surface area contributed by atoms with Crippen LogP contribution in [0.4, 0.5) is 5.69 Å². The minimum atomic E-state index is -0.517. The Bertz CT molecular complexity index is 1190. The molecule has 0 atom stereocenters. The van der Waals surface area contributed by atoms with E-state index in [0.717, 1.165) is 5.56 Å². The molecule has 0 aliphatic heterocycles. The van der Waals surface area contributed by atoms with Crippen molar-refractivity contribution in [2.45, 2.75) is 5.16 Å². The van der Waals surface area contributed by atoms with E-state index < -0.39 is 5.97 Å². The molecule has 0 radical (unpaired) electrons. The van der Waals surface area contributed by atoms with Crippen molar-refractivity contribution in [2.75, 3.05) is 18.2 Å². The summed E-state index contributed by atoms with van der Waals surface area (Å²) < 4.78 is 8.40. The molecule has 0 saturated heterocycles. The summed E-state index contributed by atoms with van der Waals surface area (Å²) in [6, 6.07) is 14.2. The van der Waals surface area contributed by atoms with Crippen molar-refractivity contribution in [3.05, 3.63) is 78.9 Å². The van der Waals surface area contributed by atoms with Crippen LogP contribution in [0.2, 0.25) is 0 Å². The molecular weight excluding hydrogens is 416 g/mol. The van der Waals surface area contributed by atoms with Crippen LogP contribution in [0.1, 0.15) is 10.4 Å². The van der Waals surface area contributed by atoms with E-state index in [4.69, 9.17) is 4.74 Å². The third kappa shape index (κ3) is 4.48. The summed E-state index contributed by atoms with van der Waals surface area (Å²) in [5, 5.41) is 11.8. The minimum absolute atomic E-state index is 0.0714. The van der Waals surface area contributed by atoms with Gasteiger partial charge in [-0.1, -0.05) is 23.9 Å². The molecule has 3 heterocycles. The zero-order valence-corrected chi connectivity index (χ0v) is 17.3. The topological polar surface area (TPSA) is 104 Å². The fraction of sp³-hybridized carbons (Fsp3) is 0.0952. The number of thioether (sulfide) groups is 1. The van der Waals surface area contributed by atoms with Crippen molar-refractivity contribution in [3.63, 3.8) is 0 Å². The van der Waals surface area contributed by atoms with Crippen LogP contribution in [0.25, 0.3) is 11.4 Å². The Morgan fingerprint density at radius 3 is 2.61 bits per heavy atom. The van der Waals surface area contributed by atoms with Gasteiger partial charge in [0, 0.05) is 30.4 Å². The zero-order chi connectivity index (χ0) is 21.6. The highest BCUT2D eigenvalue weighted by Gasteiger charge is 2.18. The predicted molar refractivity (Wildman–Crippen MR) is 116 cm³/mol. The first-order valence-electron chi connectivity index (χ1n) is 9.27. The van der Waals surface area contributed by atoms with Crippen LogP contribution in [0.5, 0.6) is 0 Å². The van der Waals surface area contributed by atoms with Crippen molar-refractivity contribution >= 4 is 29.3 Å². The van der Waals surface area contributed by atoms with Crippen LogP contribution in [0.15, 0.2) is 78.5 Å². The second-order valence-electron chi connectivity index (χ2n) is 6.30. The van der Waals surface area contributed by atoms with Crippen molar-refractivity contribution in [1.29, 1.82) is 0 Å². The largest absolute Gasteiger partial charge is 0.465 e. The Kier molecular flexibility index (Phi) is 6.08. The maximum Gasteiger partial charge on any atom is 0.339 e. The number of aromatic nitrogens is 5. The highest BCUT2D eigenvalue weighted by molar-refractivity contribution is 7.99. The number of rotatable bonds is 7. The van der Waals surface area contributed by atoms with E-state index in [1.54, 1.807) is 41.3 Å². The van der Waals surface area contributed by atoms with Crippen molar-refractivity contribution in [1.82, 2.24) is 24.5 Å². The first-order chi connectivity index (χ1) is 15.2. The summed E-state index contributed by atoms with van der Waals surface area (Å²) in [5.41, 5.74) is 1.48. The van der Waals surface area contributed by atoms with Crippen LogP contribution in [-0.4, -0.2) is 49.3 Å². The Balaban J connectivity index is 1.54. The van der Waals surface area contributed by atoms with Gasteiger partial charge in [0.25, 0.3) is 0 Å². The number of nitrogens with zero attached hydrogens (tertiary/aromatic N) is 5. The number of benzene rings is 1. The number of anilines is 1. The summed E-state index contributed by atoms with van der Waals surface area (Å²) in [4.78, 5) is 28.6. The number of carbonyl (C=O) groups is 2. The molecule has 0 spiro atoms. The Morgan fingerprint density at radius 2 is 1.87 bits per heavy atom. The molecule has 9 nitrogen and oxygen atoms in total. The van der Waals surface area contributed by atoms with Gasteiger partial charge in [0.1, 0.15) is 0 Å². The van der Waals surface area contributed by atoms with Gasteiger partial charge in [-0.3, -0.25) is 14.5 Å². The maximum absolute atomic E-state index is 12.6. The van der Waals surface area contributed by atoms with Gasteiger partial charge >= 0.3 is 5.97 Å². The van der Waals surface area contributed by atoms with Gasteiger partial charge in [-0.25, -0.2) is 9.47 Å². The van der Waals surface area contributed by atoms with E-state index in [2.05, 4.69) is 20.5 Å². The number of pyridine rings is 1. The molecule has 1 amide bonds. The molecule has 4 rings (SSSR count). The van der Waals surface area contributed by atoms with Crippen molar-refractivity contribution < 1.29 is 14.3 Å². The average molecular weight is 434 g/mol. The lowest BCUT2D eigenvalue weighted by Gasteiger charge is -2.12. The van der Waals surface area contributed by atoms with Gasteiger partial charge in [-0.05, 0) is 36.4 Å². The number of carbonyl (C=O) groups excluding carboxylic acids is 2. The number of esters is 1. The standard InChI is InChI=1S/C21H18N6O3S/c1-30-20(29)16-8-2-3-9-17(16)23-18(28)14-31-21-25-24-19(15-7-6-10-22-13-15)27(21)26-11-4-5-12-26/h2-13H,14H2,1H3,(H,23,28). The molecule has 0 aliphatic rings. The molecular formula is C21H18N6O3S. The van der Waals surface area contributed by atoms with E-state index in [0.29, 0.717) is 16.7 Å². The van der Waals surface area contributed by atoms with Gasteiger partial charge in [0.05, 0.1) is 24.1 Å². The molecule has 4 aromatic rings. The molecule has 0 bridgehead atoms. The number of nitrogens with one attached hydrogen (secondary N) is 1. The van der Waals surface area contributed by atoms with Crippen molar-refractivity contribution in [3.8, 4) is 11.4 Å². The number of hydrogen-bond donors (Lipinski definition) is 1. The van der Waals surface area contributed by atoms with E-state index in [-0.39, 0.29) is 17.2 Å². The van der Waals surface area contributed by atoms with Crippen LogP contribution in [0, 0.1) is 0 Å². The summed E-state index contributed by atoms with van der Waals surface area (Å²) in [6.45, 7) is 0. The van der Waals surface area contributed by atoms with Gasteiger partial charge in [-0.2, -0.15) is 0 Å². The van der Waals surface area contributed by atoms with Crippen LogP contribution < -0.4 is 5.32 Å². The van der Waals surface area contributed by atoms with E-state index in [9.17, 15) is 9.59 Å². The number of ether oxygens (including phenoxy) is 1. The quantitative estimate of drug-likeness (QED) is 0.352. The molecule has 0 fully saturated rings. The fourth-order valence-electron chi connectivity index (χ4n) is 2.89. The van der Waals surface area contributed by atoms with E-state index in [1.165, 1.54) is 18.9 Å². The number of hydrogen-bond acceptors (Lipinski definition) is 7. The second kappa shape index (κ2) is 9.26. The first kappa shape index (κ1) is 20.4. The highest BCUT2D eigenvalue weighted by atomic mass is 32.2. The summed E-state index contributed by atoms with van der Waals surface area (Å²) in [7, 11) is 1.30. The summed E-state index contributed by atoms with van der Waals surface area (Å²) in [5.74, 6) is -0.131. The molecule has 10 heteroatoms. The monoisotopic (exact) mass is 434 g/mol. The highest BCUT2D eigenvalue weighted by Crippen LogP contribution is 2.24. The molecule has 3 aromatic heterocycles. The van der Waals surface area contributed by atoms with E-state index in [1.807, 2.05) is 41.3 Å². The lowest BCUT2D eigenvalue weighted by Crippen LogP contribution is -2.18. The van der Waals surface area contributed by atoms with E-state index >= 15 is 0 Å². The van der Waals surface area contributed by atoms with Crippen LogP contribution in [0.3, 0.4) is 0 Å². The van der Waals surface area contributed by atoms with Crippen LogP contribution in [-0.2, 0) is 9.53 Å². The Morgan fingerprint density at radius 1 is 1.06 bits per heavy atom. The van der Waals surface area contributed by atoms with Crippen LogP contribution >= 0.6 is 11.8 Å². The van der Waals surface area contributed by atoms with Gasteiger partial charge in [0.2, 0.25) is 11.1 Å². The number of para-hydroxylation sites is 1. The minimum Gasteiger partial charge on any atom is -0.465 e. The van der Waals surface area contributed by atoms with Crippen molar-refractivity contribution in [2.24, 2.45) is 0 Å². The molecule has 0 unspecified atom stereocenters. The lowest BCUT2D eigenvalue weighted by atomic mass is 10.2. The number of amides is 1. The molecule has 1 N–H and O–H groups in total. The average Bonchev–Trinajstić information content (AvgIpc) is 3.48. The molecule has 0 aliphatic carbocycles. The smallest absolute Gasteiger partial charge is 0.339 e. The third-order valence-electron chi connectivity index (χ3n) is 4.29. The maximum atomic E-state index is 12.6. The van der Waals surface area contributed by atoms with Gasteiger partial charge in [0.15, 0.2) is 5.82 Å². The molecule has 31 heavy (non-hydrogen) atoms. The Labute approximate surface area is 182 Å². The third-order valence-corrected chi connectivity index (χ3v) is 5.21. The summed E-state index contributed by atoms with van der Waals surface area (Å²) >= 11 is 1.23. The van der Waals surface area contributed by atoms with Gasteiger partial charge in [-0.15, -0.1) is 10.2 Å².